The highest BCUT2D eigenvalue weighted by atomic mass is 19.1. The molecular weight excluding hydrogens is 259 g/mol. The highest BCUT2D eigenvalue weighted by Crippen LogP contribution is 2.18. The number of benzene rings is 1. The summed E-state index contributed by atoms with van der Waals surface area (Å²) in [4.78, 5) is 14.2. The zero-order valence-corrected chi connectivity index (χ0v) is 11.4. The highest BCUT2D eigenvalue weighted by Gasteiger charge is 2.27. The van der Waals surface area contributed by atoms with E-state index in [4.69, 9.17) is 10.5 Å². The molecule has 106 valence electrons. The van der Waals surface area contributed by atoms with Gasteiger partial charge in [0.25, 0.3) is 5.91 Å². The average Bonchev–Trinajstić information content (AvgIpc) is 2.93. The van der Waals surface area contributed by atoms with E-state index in [2.05, 4.69) is 11.8 Å². The molecule has 5 heteroatoms. The number of amides is 1. The van der Waals surface area contributed by atoms with E-state index in [-0.39, 0.29) is 18.6 Å². The molecule has 1 amide bonds. The predicted molar refractivity (Wildman–Crippen MR) is 73.6 cm³/mol. The quantitative estimate of drug-likeness (QED) is 0.820. The largest absolute Gasteiger partial charge is 0.380 e. The third kappa shape index (κ3) is 3.16. The topological polar surface area (TPSA) is 55.6 Å². The standard InChI is InChI=1S/C15H17FN2O2/c1-20-13-6-8-18(10-13)15(19)14-5-4-12(16)9-11(14)3-2-7-17/h4-5,9,13H,6-8,10,17H2,1H3. The van der Waals surface area contributed by atoms with Crippen molar-refractivity contribution in [2.24, 2.45) is 5.73 Å². The van der Waals surface area contributed by atoms with Gasteiger partial charge in [-0.2, -0.15) is 0 Å². The summed E-state index contributed by atoms with van der Waals surface area (Å²) >= 11 is 0. The molecule has 0 bridgehead atoms. The molecule has 1 atom stereocenters. The average molecular weight is 276 g/mol. The number of rotatable bonds is 2. The van der Waals surface area contributed by atoms with Gasteiger partial charge in [-0.25, -0.2) is 4.39 Å². The summed E-state index contributed by atoms with van der Waals surface area (Å²) in [7, 11) is 1.63. The fraction of sp³-hybridized carbons (Fsp3) is 0.400. The Morgan fingerprint density at radius 2 is 2.40 bits per heavy atom. The van der Waals surface area contributed by atoms with Crippen LogP contribution in [-0.4, -0.2) is 43.7 Å². The van der Waals surface area contributed by atoms with Crippen LogP contribution >= 0.6 is 0 Å². The number of ether oxygens (including phenoxy) is 1. The van der Waals surface area contributed by atoms with Crippen LogP contribution in [0.4, 0.5) is 4.39 Å². The predicted octanol–water partition coefficient (Wildman–Crippen LogP) is 0.997. The van der Waals surface area contributed by atoms with Crippen molar-refractivity contribution in [1.82, 2.24) is 4.90 Å². The third-order valence-corrected chi connectivity index (χ3v) is 3.30. The number of nitrogens with zero attached hydrogens (tertiary/aromatic N) is 1. The molecule has 1 aliphatic heterocycles. The first-order chi connectivity index (χ1) is 9.65. The van der Waals surface area contributed by atoms with Gasteiger partial charge in [0.05, 0.1) is 18.2 Å². The lowest BCUT2D eigenvalue weighted by Gasteiger charge is -2.17. The number of likely N-dealkylation sites (tertiary alicyclic amines) is 1. The highest BCUT2D eigenvalue weighted by molar-refractivity contribution is 5.97. The van der Waals surface area contributed by atoms with Crippen LogP contribution in [0.3, 0.4) is 0 Å². The number of methoxy groups -OCH3 is 1. The summed E-state index contributed by atoms with van der Waals surface area (Å²) < 4.78 is 18.5. The molecule has 1 heterocycles. The Balaban J connectivity index is 2.25. The van der Waals surface area contributed by atoms with Crippen molar-refractivity contribution >= 4 is 5.91 Å². The fourth-order valence-electron chi connectivity index (χ4n) is 2.23. The van der Waals surface area contributed by atoms with Crippen LogP contribution in [0.15, 0.2) is 18.2 Å². The lowest BCUT2D eigenvalue weighted by atomic mass is 10.1. The Labute approximate surface area is 117 Å². The second kappa shape index (κ2) is 6.51. The molecule has 2 N–H and O–H groups in total. The maximum Gasteiger partial charge on any atom is 0.255 e. The van der Waals surface area contributed by atoms with Gasteiger partial charge in [-0.3, -0.25) is 4.79 Å². The van der Waals surface area contributed by atoms with E-state index in [0.29, 0.717) is 24.2 Å². The van der Waals surface area contributed by atoms with Crippen molar-refractivity contribution in [3.05, 3.63) is 35.1 Å². The van der Waals surface area contributed by atoms with E-state index in [9.17, 15) is 9.18 Å². The zero-order chi connectivity index (χ0) is 14.5. The lowest BCUT2D eigenvalue weighted by Crippen LogP contribution is -2.30. The Morgan fingerprint density at radius 3 is 3.05 bits per heavy atom. The first kappa shape index (κ1) is 14.5. The fourth-order valence-corrected chi connectivity index (χ4v) is 2.23. The van der Waals surface area contributed by atoms with Gasteiger partial charge in [-0.1, -0.05) is 11.8 Å². The van der Waals surface area contributed by atoms with Crippen molar-refractivity contribution in [2.45, 2.75) is 12.5 Å². The van der Waals surface area contributed by atoms with Crippen LogP contribution < -0.4 is 5.73 Å². The van der Waals surface area contributed by atoms with Gasteiger partial charge >= 0.3 is 0 Å². The number of carbonyl (C=O) groups excluding carboxylic acids is 1. The smallest absolute Gasteiger partial charge is 0.255 e. The monoisotopic (exact) mass is 276 g/mol. The van der Waals surface area contributed by atoms with Crippen LogP contribution in [0.1, 0.15) is 22.3 Å². The zero-order valence-electron chi connectivity index (χ0n) is 11.4. The first-order valence-corrected chi connectivity index (χ1v) is 6.46. The minimum atomic E-state index is -0.418. The Bertz CT molecular complexity index is 563. The molecule has 0 aromatic heterocycles. The molecule has 4 nitrogen and oxygen atoms in total. The summed E-state index contributed by atoms with van der Waals surface area (Å²) in [5.41, 5.74) is 6.10. The first-order valence-electron chi connectivity index (χ1n) is 6.46. The molecule has 0 aliphatic carbocycles. The summed E-state index contributed by atoms with van der Waals surface area (Å²) in [6.07, 6.45) is 0.880. The number of nitrogens with two attached hydrogens (primary N) is 1. The number of halogens is 1. The number of carbonyl (C=O) groups is 1. The van der Waals surface area contributed by atoms with Crippen LogP contribution in [-0.2, 0) is 4.74 Å². The van der Waals surface area contributed by atoms with E-state index in [1.54, 1.807) is 12.0 Å². The second-order valence-electron chi connectivity index (χ2n) is 4.59. The van der Waals surface area contributed by atoms with E-state index in [1.807, 2.05) is 0 Å². The summed E-state index contributed by atoms with van der Waals surface area (Å²) in [5.74, 6) is 4.84. The van der Waals surface area contributed by atoms with Crippen LogP contribution in [0.5, 0.6) is 0 Å². The molecule has 1 unspecified atom stereocenters. The van der Waals surface area contributed by atoms with E-state index in [0.717, 1.165) is 6.42 Å². The van der Waals surface area contributed by atoms with Crippen LogP contribution in [0, 0.1) is 17.7 Å². The third-order valence-electron chi connectivity index (χ3n) is 3.30. The normalized spacial score (nSPS) is 17.8. The van der Waals surface area contributed by atoms with Gasteiger partial charge in [-0.05, 0) is 24.6 Å². The van der Waals surface area contributed by atoms with E-state index in [1.165, 1.54) is 18.2 Å². The minimum Gasteiger partial charge on any atom is -0.380 e. The Hall–Kier alpha value is -1.90. The molecule has 1 aromatic carbocycles. The Kier molecular flexibility index (Phi) is 4.72. The van der Waals surface area contributed by atoms with Crippen molar-refractivity contribution in [3.63, 3.8) is 0 Å². The van der Waals surface area contributed by atoms with Crippen LogP contribution in [0.25, 0.3) is 0 Å². The van der Waals surface area contributed by atoms with Crippen molar-refractivity contribution in [2.75, 3.05) is 26.7 Å². The molecule has 1 saturated heterocycles. The molecule has 20 heavy (non-hydrogen) atoms. The molecule has 1 aliphatic rings. The summed E-state index contributed by atoms with van der Waals surface area (Å²) in [6, 6.07) is 4.00. The molecular formula is C15H17FN2O2. The minimum absolute atomic E-state index is 0.0676. The van der Waals surface area contributed by atoms with Crippen molar-refractivity contribution in [3.8, 4) is 11.8 Å². The van der Waals surface area contributed by atoms with Crippen molar-refractivity contribution < 1.29 is 13.9 Å². The molecule has 0 saturated carbocycles. The maximum atomic E-state index is 13.3. The molecule has 1 fully saturated rings. The van der Waals surface area contributed by atoms with Gasteiger partial charge in [0.1, 0.15) is 5.82 Å². The van der Waals surface area contributed by atoms with Gasteiger partial charge < -0.3 is 15.4 Å². The number of hydrogen-bond donors (Lipinski definition) is 1. The Morgan fingerprint density at radius 1 is 1.60 bits per heavy atom. The second-order valence-corrected chi connectivity index (χ2v) is 4.59. The molecule has 1 aromatic rings. The molecule has 2 rings (SSSR count). The van der Waals surface area contributed by atoms with Crippen LogP contribution in [0.2, 0.25) is 0 Å². The molecule has 0 radical (unpaired) electrons. The van der Waals surface area contributed by atoms with E-state index < -0.39 is 5.82 Å². The summed E-state index contributed by atoms with van der Waals surface area (Å²) in [5, 5.41) is 0. The van der Waals surface area contributed by atoms with Gasteiger partial charge in [0.2, 0.25) is 0 Å². The summed E-state index contributed by atoms with van der Waals surface area (Å²) in [6.45, 7) is 1.36. The SMILES string of the molecule is COC1CCN(C(=O)c2ccc(F)cc2C#CCN)C1. The van der Waals surface area contributed by atoms with Crippen molar-refractivity contribution in [1.29, 1.82) is 0 Å². The van der Waals surface area contributed by atoms with Gasteiger partial charge in [0, 0.05) is 25.8 Å². The lowest BCUT2D eigenvalue weighted by molar-refractivity contribution is 0.0724. The maximum absolute atomic E-state index is 13.3. The molecule has 0 spiro atoms. The van der Waals surface area contributed by atoms with Gasteiger partial charge in [-0.15, -0.1) is 0 Å². The van der Waals surface area contributed by atoms with Gasteiger partial charge in [0.15, 0.2) is 0 Å². The number of hydrogen-bond acceptors (Lipinski definition) is 3. The van der Waals surface area contributed by atoms with E-state index >= 15 is 0 Å².